The van der Waals surface area contributed by atoms with Gasteiger partial charge >= 0.3 is 0 Å². The third kappa shape index (κ3) is 5.29. The second-order valence-electron chi connectivity index (χ2n) is 9.82. The van der Waals surface area contributed by atoms with Gasteiger partial charge in [-0.3, -0.25) is 9.52 Å². The van der Waals surface area contributed by atoms with Gasteiger partial charge in [-0.15, -0.1) is 0 Å². The number of sulfonamides is 1. The molecular formula is C28H30N2O5S. The summed E-state index contributed by atoms with van der Waals surface area (Å²) in [6.45, 7) is 7.67. The summed E-state index contributed by atoms with van der Waals surface area (Å²) in [7, 11) is -3.84. The van der Waals surface area contributed by atoms with Gasteiger partial charge < -0.3 is 14.8 Å². The summed E-state index contributed by atoms with van der Waals surface area (Å²) in [5.41, 5.74) is 3.02. The number of nitrogens with one attached hydrogen (secondary N) is 2. The average molecular weight is 507 g/mol. The normalized spacial score (nSPS) is 12.9. The molecule has 4 rings (SSSR count). The molecule has 8 heteroatoms. The van der Waals surface area contributed by atoms with Crippen LogP contribution in [0.5, 0.6) is 0 Å². The van der Waals surface area contributed by atoms with E-state index in [4.69, 9.17) is 4.42 Å². The molecule has 188 valence electrons. The van der Waals surface area contributed by atoms with Gasteiger partial charge in [0, 0.05) is 22.7 Å². The number of anilines is 1. The molecule has 4 aromatic rings. The Labute approximate surface area is 211 Å². The topological polar surface area (TPSA) is 109 Å². The fourth-order valence-electron chi connectivity index (χ4n) is 3.90. The van der Waals surface area contributed by atoms with Crippen molar-refractivity contribution in [1.82, 2.24) is 5.32 Å². The van der Waals surface area contributed by atoms with E-state index in [2.05, 4.69) is 30.8 Å². The molecule has 0 saturated carbocycles. The number of carbonyl (C=O) groups is 1. The lowest BCUT2D eigenvalue weighted by atomic mass is 9.87. The Bertz CT molecular complexity index is 1480. The van der Waals surface area contributed by atoms with Crippen LogP contribution in [0, 0.1) is 0 Å². The predicted molar refractivity (Wildman–Crippen MR) is 142 cm³/mol. The SMILES string of the molecule is CC(CO)NC(=O)c1oc2ccc(NS(=O)(=O)c3ccc(C(C)(C)C)cc3)cc2c1-c1ccccc1. The van der Waals surface area contributed by atoms with Crippen molar-refractivity contribution in [3.63, 3.8) is 0 Å². The molecule has 36 heavy (non-hydrogen) atoms. The van der Waals surface area contributed by atoms with Crippen LogP contribution in [0.15, 0.2) is 82.1 Å². The third-order valence-electron chi connectivity index (χ3n) is 5.89. The molecule has 3 aromatic carbocycles. The Morgan fingerprint density at radius 3 is 2.28 bits per heavy atom. The maximum atomic E-state index is 13.1. The molecular weight excluding hydrogens is 476 g/mol. The van der Waals surface area contributed by atoms with Crippen molar-refractivity contribution in [3.05, 3.63) is 84.1 Å². The maximum Gasteiger partial charge on any atom is 0.287 e. The molecule has 0 bridgehead atoms. The summed E-state index contributed by atoms with van der Waals surface area (Å²) in [6, 6.07) is 20.5. The number of rotatable bonds is 7. The molecule has 0 spiro atoms. The Balaban J connectivity index is 1.74. The van der Waals surface area contributed by atoms with E-state index in [0.29, 0.717) is 22.2 Å². The van der Waals surface area contributed by atoms with Crippen LogP contribution in [0.4, 0.5) is 5.69 Å². The fourth-order valence-corrected chi connectivity index (χ4v) is 4.95. The molecule has 1 amide bonds. The van der Waals surface area contributed by atoms with E-state index >= 15 is 0 Å². The molecule has 1 unspecified atom stereocenters. The minimum absolute atomic E-state index is 0.0884. The van der Waals surface area contributed by atoms with Crippen molar-refractivity contribution in [3.8, 4) is 11.1 Å². The highest BCUT2D eigenvalue weighted by Crippen LogP contribution is 2.37. The van der Waals surface area contributed by atoms with Crippen molar-refractivity contribution in [2.45, 2.75) is 44.0 Å². The van der Waals surface area contributed by atoms with E-state index in [1.54, 1.807) is 37.3 Å². The first kappa shape index (κ1) is 25.5. The monoisotopic (exact) mass is 506 g/mol. The lowest BCUT2D eigenvalue weighted by molar-refractivity contribution is 0.0897. The second kappa shape index (κ2) is 9.79. The summed E-state index contributed by atoms with van der Waals surface area (Å²) in [5, 5.41) is 12.6. The van der Waals surface area contributed by atoms with Gasteiger partial charge in [0.15, 0.2) is 0 Å². The summed E-state index contributed by atoms with van der Waals surface area (Å²) >= 11 is 0. The molecule has 0 saturated heterocycles. The lowest BCUT2D eigenvalue weighted by Gasteiger charge is -2.19. The summed E-state index contributed by atoms with van der Waals surface area (Å²) in [6.07, 6.45) is 0. The Morgan fingerprint density at radius 2 is 1.67 bits per heavy atom. The molecule has 0 fully saturated rings. The van der Waals surface area contributed by atoms with E-state index in [1.165, 1.54) is 0 Å². The number of amides is 1. The number of furan rings is 1. The first-order valence-electron chi connectivity index (χ1n) is 11.7. The average Bonchev–Trinajstić information content (AvgIpc) is 3.23. The van der Waals surface area contributed by atoms with Crippen LogP contribution >= 0.6 is 0 Å². The van der Waals surface area contributed by atoms with Gasteiger partial charge in [-0.2, -0.15) is 0 Å². The van der Waals surface area contributed by atoms with Crippen LogP contribution in [0.3, 0.4) is 0 Å². The molecule has 7 nitrogen and oxygen atoms in total. The summed E-state index contributed by atoms with van der Waals surface area (Å²) in [4.78, 5) is 13.1. The van der Waals surface area contributed by atoms with E-state index in [0.717, 1.165) is 11.1 Å². The fraction of sp³-hybridized carbons (Fsp3) is 0.250. The number of hydrogen-bond acceptors (Lipinski definition) is 5. The van der Waals surface area contributed by atoms with Gasteiger partial charge in [-0.05, 0) is 53.8 Å². The second-order valence-corrected chi connectivity index (χ2v) is 11.5. The zero-order valence-electron chi connectivity index (χ0n) is 20.7. The predicted octanol–water partition coefficient (Wildman–Crippen LogP) is 5.31. The van der Waals surface area contributed by atoms with Gasteiger partial charge in [-0.25, -0.2) is 8.42 Å². The van der Waals surface area contributed by atoms with Gasteiger partial charge in [0.1, 0.15) is 5.58 Å². The van der Waals surface area contributed by atoms with E-state index in [-0.39, 0.29) is 22.7 Å². The highest BCUT2D eigenvalue weighted by Gasteiger charge is 2.24. The Hall–Kier alpha value is -3.62. The first-order valence-corrected chi connectivity index (χ1v) is 13.1. The van der Waals surface area contributed by atoms with Gasteiger partial charge in [0.2, 0.25) is 5.76 Å². The van der Waals surface area contributed by atoms with Gasteiger partial charge in [0.25, 0.3) is 15.9 Å². The maximum absolute atomic E-state index is 13.1. The number of aliphatic hydroxyl groups is 1. The van der Waals surface area contributed by atoms with Crippen molar-refractivity contribution in [2.24, 2.45) is 0 Å². The van der Waals surface area contributed by atoms with Crippen LogP contribution in [-0.2, 0) is 15.4 Å². The summed E-state index contributed by atoms with van der Waals surface area (Å²) in [5.74, 6) is -0.373. The van der Waals surface area contributed by atoms with Crippen molar-refractivity contribution >= 4 is 32.6 Å². The molecule has 1 heterocycles. The van der Waals surface area contributed by atoms with Gasteiger partial charge in [0.05, 0.1) is 11.5 Å². The molecule has 1 aromatic heterocycles. The first-order chi connectivity index (χ1) is 17.0. The van der Waals surface area contributed by atoms with Gasteiger partial charge in [-0.1, -0.05) is 63.2 Å². The number of hydrogen-bond donors (Lipinski definition) is 3. The van der Waals surface area contributed by atoms with Crippen molar-refractivity contribution in [2.75, 3.05) is 11.3 Å². The third-order valence-corrected chi connectivity index (χ3v) is 7.29. The molecule has 0 aliphatic heterocycles. The minimum atomic E-state index is -3.84. The highest BCUT2D eigenvalue weighted by molar-refractivity contribution is 7.92. The smallest absolute Gasteiger partial charge is 0.287 e. The van der Waals surface area contributed by atoms with E-state index in [9.17, 15) is 18.3 Å². The Kier molecular flexibility index (Phi) is 6.93. The van der Waals surface area contributed by atoms with Crippen LogP contribution in [0.1, 0.15) is 43.8 Å². The van der Waals surface area contributed by atoms with E-state index in [1.807, 2.05) is 42.5 Å². The molecule has 0 aliphatic carbocycles. The van der Waals surface area contributed by atoms with Crippen molar-refractivity contribution in [1.29, 1.82) is 0 Å². The molecule has 3 N–H and O–H groups in total. The van der Waals surface area contributed by atoms with E-state index < -0.39 is 22.0 Å². The molecule has 1 atom stereocenters. The zero-order chi connectivity index (χ0) is 26.1. The lowest BCUT2D eigenvalue weighted by Crippen LogP contribution is -2.35. The van der Waals surface area contributed by atoms with Crippen LogP contribution < -0.4 is 10.0 Å². The highest BCUT2D eigenvalue weighted by atomic mass is 32.2. The van der Waals surface area contributed by atoms with Crippen LogP contribution in [0.2, 0.25) is 0 Å². The Morgan fingerprint density at radius 1 is 1.00 bits per heavy atom. The minimum Gasteiger partial charge on any atom is -0.450 e. The number of fused-ring (bicyclic) bond motifs is 1. The molecule has 0 aliphatic rings. The van der Waals surface area contributed by atoms with Crippen molar-refractivity contribution < 1.29 is 22.7 Å². The van der Waals surface area contributed by atoms with Crippen LogP contribution in [0.25, 0.3) is 22.1 Å². The quantitative estimate of drug-likeness (QED) is 0.315. The number of carbonyl (C=O) groups excluding carboxylic acids is 1. The zero-order valence-corrected chi connectivity index (χ0v) is 21.5. The summed E-state index contributed by atoms with van der Waals surface area (Å²) < 4.78 is 34.7. The number of aliphatic hydroxyl groups excluding tert-OH is 1. The standard InChI is InChI=1S/C28H30N2O5S/c1-18(17-31)29-27(32)26-25(19-8-6-5-7-9-19)23-16-21(12-15-24(23)35-26)30-36(33,34)22-13-10-20(11-14-22)28(2,3)4/h5-16,18,30-31H,17H2,1-4H3,(H,29,32). The largest absolute Gasteiger partial charge is 0.450 e. The van der Waals surface area contributed by atoms with Crippen LogP contribution in [-0.4, -0.2) is 32.1 Å². The molecule has 0 radical (unpaired) electrons. The number of benzene rings is 3.